The summed E-state index contributed by atoms with van der Waals surface area (Å²) in [4.78, 5) is 3.82. The van der Waals surface area contributed by atoms with Gasteiger partial charge >= 0.3 is 0 Å². The molecule has 2 N–H and O–H groups in total. The Balaban J connectivity index is 1.59. The van der Waals surface area contributed by atoms with Crippen LogP contribution in [0.5, 0.6) is 0 Å². The fourth-order valence-electron chi connectivity index (χ4n) is 2.90. The lowest BCUT2D eigenvalue weighted by molar-refractivity contribution is 0.559. The molecule has 1 aromatic heterocycles. The summed E-state index contributed by atoms with van der Waals surface area (Å²) >= 11 is 7.56. The highest BCUT2D eigenvalue weighted by molar-refractivity contribution is 7.86. The average molecular weight is 444 g/mol. The molecule has 1 saturated carbocycles. The standard InChI is InChI=1S/C18H13ClF3N3OS2/c19-12-6-16(28(26)25-17-8-27-9-23-17)14(22)7-15(12)24-18(3-4-18)11-2-1-10(20)5-13(11)21/h1-2,5-9,24-25H,3-4H2. The van der Waals surface area contributed by atoms with Crippen molar-refractivity contribution < 1.29 is 17.4 Å². The van der Waals surface area contributed by atoms with Gasteiger partial charge in [-0.1, -0.05) is 17.7 Å². The number of hydrogen-bond donors (Lipinski definition) is 2. The molecule has 0 amide bonds. The third-order valence-corrected chi connectivity index (χ3v) is 6.43. The largest absolute Gasteiger partial charge is 0.374 e. The van der Waals surface area contributed by atoms with E-state index in [2.05, 4.69) is 15.0 Å². The molecule has 1 heterocycles. The number of thiazole rings is 1. The van der Waals surface area contributed by atoms with Gasteiger partial charge in [0.25, 0.3) is 0 Å². The SMILES string of the molecule is O=S(Nc1cscn1)c1cc(Cl)c(NC2(c3ccc(F)cc3F)CC2)cc1F. The number of aromatic nitrogens is 1. The topological polar surface area (TPSA) is 54.0 Å². The minimum atomic E-state index is -1.89. The van der Waals surface area contributed by atoms with E-state index in [0.29, 0.717) is 24.2 Å². The molecule has 1 unspecified atom stereocenters. The minimum Gasteiger partial charge on any atom is -0.374 e. The second-order valence-corrected chi connectivity index (χ2v) is 8.65. The highest BCUT2D eigenvalue weighted by Crippen LogP contribution is 2.50. The van der Waals surface area contributed by atoms with Gasteiger partial charge in [0.1, 0.15) is 23.3 Å². The number of anilines is 2. The fraction of sp³-hybridized carbons (Fsp3) is 0.167. The summed E-state index contributed by atoms with van der Waals surface area (Å²) in [6.45, 7) is 0. The van der Waals surface area contributed by atoms with Gasteiger partial charge in [-0.15, -0.1) is 11.3 Å². The van der Waals surface area contributed by atoms with E-state index < -0.39 is 34.0 Å². The number of benzene rings is 2. The molecule has 1 atom stereocenters. The molecular formula is C18H13ClF3N3OS2. The maximum atomic E-state index is 14.6. The molecule has 0 saturated heterocycles. The van der Waals surface area contributed by atoms with Crippen molar-refractivity contribution in [3.05, 3.63) is 69.3 Å². The van der Waals surface area contributed by atoms with E-state index in [-0.39, 0.29) is 15.6 Å². The Labute approximate surface area is 170 Å². The number of halogens is 4. The molecule has 10 heteroatoms. The molecule has 28 heavy (non-hydrogen) atoms. The first-order chi connectivity index (χ1) is 13.4. The Morgan fingerprint density at radius 3 is 2.57 bits per heavy atom. The van der Waals surface area contributed by atoms with Gasteiger partial charge in [-0.25, -0.2) is 22.4 Å². The van der Waals surface area contributed by atoms with Crippen LogP contribution in [0.3, 0.4) is 0 Å². The Hall–Kier alpha value is -2.10. The molecule has 1 fully saturated rings. The van der Waals surface area contributed by atoms with Gasteiger partial charge in [0.15, 0.2) is 11.0 Å². The highest BCUT2D eigenvalue weighted by atomic mass is 35.5. The summed E-state index contributed by atoms with van der Waals surface area (Å²) < 4.78 is 56.9. The quantitative estimate of drug-likeness (QED) is 0.532. The lowest BCUT2D eigenvalue weighted by atomic mass is 10.0. The molecule has 0 radical (unpaired) electrons. The van der Waals surface area contributed by atoms with Crippen LogP contribution in [-0.2, 0) is 16.5 Å². The van der Waals surface area contributed by atoms with Crippen molar-refractivity contribution in [3.8, 4) is 0 Å². The maximum Gasteiger partial charge on any atom is 0.154 e. The normalized spacial score (nSPS) is 15.9. The Kier molecular flexibility index (Phi) is 5.07. The van der Waals surface area contributed by atoms with Crippen LogP contribution in [0.4, 0.5) is 24.7 Å². The molecule has 3 aromatic rings. The lowest BCUT2D eigenvalue weighted by Crippen LogP contribution is -2.21. The summed E-state index contributed by atoms with van der Waals surface area (Å²) in [6.07, 6.45) is 1.18. The third kappa shape index (κ3) is 3.74. The van der Waals surface area contributed by atoms with E-state index in [1.54, 1.807) is 10.9 Å². The first-order valence-corrected chi connectivity index (χ1v) is 10.6. The molecule has 1 aliphatic carbocycles. The van der Waals surface area contributed by atoms with Crippen molar-refractivity contribution in [3.63, 3.8) is 0 Å². The van der Waals surface area contributed by atoms with Gasteiger partial charge < -0.3 is 5.32 Å². The highest BCUT2D eigenvalue weighted by Gasteiger charge is 2.46. The van der Waals surface area contributed by atoms with Crippen LogP contribution in [0.15, 0.2) is 46.1 Å². The average Bonchev–Trinajstić information content (AvgIpc) is 3.22. The van der Waals surface area contributed by atoms with Crippen molar-refractivity contribution in [1.29, 1.82) is 0 Å². The molecular weight excluding hydrogens is 431 g/mol. The van der Waals surface area contributed by atoms with Crippen LogP contribution < -0.4 is 10.0 Å². The second kappa shape index (κ2) is 7.38. The van der Waals surface area contributed by atoms with Gasteiger partial charge in [-0.2, -0.15) is 0 Å². The Bertz CT molecular complexity index is 1060. The van der Waals surface area contributed by atoms with E-state index in [9.17, 15) is 17.4 Å². The third-order valence-electron chi connectivity index (χ3n) is 4.42. The van der Waals surface area contributed by atoms with E-state index >= 15 is 0 Å². The van der Waals surface area contributed by atoms with Crippen LogP contribution in [0.1, 0.15) is 18.4 Å². The Morgan fingerprint density at radius 2 is 1.93 bits per heavy atom. The predicted octanol–water partition coefficient (Wildman–Crippen LogP) is 5.45. The lowest BCUT2D eigenvalue weighted by Gasteiger charge is -2.21. The summed E-state index contributed by atoms with van der Waals surface area (Å²) in [5.41, 5.74) is 1.32. The molecule has 2 aromatic carbocycles. The molecule has 0 bridgehead atoms. The zero-order valence-electron chi connectivity index (χ0n) is 14.1. The number of hydrogen-bond acceptors (Lipinski definition) is 4. The Morgan fingerprint density at radius 1 is 1.14 bits per heavy atom. The van der Waals surface area contributed by atoms with Crippen molar-refractivity contribution in [2.75, 3.05) is 10.0 Å². The molecule has 1 aliphatic rings. The second-order valence-electron chi connectivity index (χ2n) is 6.34. The monoisotopic (exact) mass is 443 g/mol. The number of rotatable bonds is 6. The minimum absolute atomic E-state index is 0.124. The van der Waals surface area contributed by atoms with E-state index in [4.69, 9.17) is 11.6 Å². The van der Waals surface area contributed by atoms with Crippen LogP contribution in [-0.4, -0.2) is 9.19 Å². The van der Waals surface area contributed by atoms with Crippen LogP contribution in [0, 0.1) is 17.5 Å². The van der Waals surface area contributed by atoms with Crippen molar-refractivity contribution in [2.45, 2.75) is 23.3 Å². The smallest absolute Gasteiger partial charge is 0.154 e. The zero-order chi connectivity index (χ0) is 19.9. The van der Waals surface area contributed by atoms with Crippen molar-refractivity contribution >= 4 is 45.4 Å². The number of nitrogens with zero attached hydrogens (tertiary/aromatic N) is 1. The van der Waals surface area contributed by atoms with Gasteiger partial charge in [-0.05, 0) is 31.0 Å². The summed E-state index contributed by atoms with van der Waals surface area (Å²) in [6, 6.07) is 5.75. The zero-order valence-corrected chi connectivity index (χ0v) is 16.5. The first kappa shape index (κ1) is 19.2. The molecule has 4 rings (SSSR count). The summed E-state index contributed by atoms with van der Waals surface area (Å²) in [5, 5.41) is 4.84. The molecule has 0 aliphatic heterocycles. The molecule has 146 valence electrons. The predicted molar refractivity (Wildman–Crippen MR) is 104 cm³/mol. The van der Waals surface area contributed by atoms with Crippen LogP contribution in [0.25, 0.3) is 0 Å². The van der Waals surface area contributed by atoms with Gasteiger partial charge in [0.05, 0.1) is 26.7 Å². The fourth-order valence-corrected chi connectivity index (χ4v) is 4.61. The summed E-state index contributed by atoms with van der Waals surface area (Å²) in [7, 11) is -1.89. The van der Waals surface area contributed by atoms with Crippen LogP contribution in [0.2, 0.25) is 5.02 Å². The number of nitrogens with one attached hydrogen (secondary N) is 2. The maximum absolute atomic E-state index is 14.6. The molecule has 4 nitrogen and oxygen atoms in total. The van der Waals surface area contributed by atoms with E-state index in [0.717, 1.165) is 12.1 Å². The first-order valence-electron chi connectivity index (χ1n) is 8.17. The molecule has 0 spiro atoms. The summed E-state index contributed by atoms with van der Waals surface area (Å²) in [5.74, 6) is -1.71. The van der Waals surface area contributed by atoms with Crippen molar-refractivity contribution in [2.24, 2.45) is 0 Å². The van der Waals surface area contributed by atoms with Gasteiger partial charge in [0, 0.05) is 17.0 Å². The van der Waals surface area contributed by atoms with Gasteiger partial charge in [0.2, 0.25) is 0 Å². The van der Waals surface area contributed by atoms with Crippen LogP contribution >= 0.6 is 22.9 Å². The van der Waals surface area contributed by atoms with Gasteiger partial charge in [-0.3, -0.25) is 4.72 Å². The van der Waals surface area contributed by atoms with E-state index in [1.807, 2.05) is 0 Å². The van der Waals surface area contributed by atoms with E-state index in [1.165, 1.54) is 29.5 Å². The van der Waals surface area contributed by atoms with Crippen molar-refractivity contribution in [1.82, 2.24) is 4.98 Å².